The molecular formula is C13H15NO3S. The number of aliphatic hydroxyl groups excluding tert-OH is 1. The van der Waals surface area contributed by atoms with Crippen LogP contribution in [-0.2, 0) is 4.74 Å². The van der Waals surface area contributed by atoms with Crippen molar-refractivity contribution in [3.8, 4) is 11.8 Å². The highest BCUT2D eigenvalue weighted by Crippen LogP contribution is 2.14. The van der Waals surface area contributed by atoms with E-state index in [0.717, 1.165) is 17.7 Å². The average Bonchev–Trinajstić information content (AvgIpc) is 2.86. The number of ether oxygens (including phenoxy) is 1. The molecule has 96 valence electrons. The predicted molar refractivity (Wildman–Crippen MR) is 69.6 cm³/mol. The van der Waals surface area contributed by atoms with Crippen molar-refractivity contribution >= 4 is 17.2 Å². The fourth-order valence-electron chi connectivity index (χ4n) is 1.76. The van der Waals surface area contributed by atoms with Gasteiger partial charge in [0.1, 0.15) is 6.61 Å². The van der Waals surface area contributed by atoms with Gasteiger partial charge in [-0.25, -0.2) is 0 Å². The summed E-state index contributed by atoms with van der Waals surface area (Å²) in [6.07, 6.45) is 1.74. The quantitative estimate of drug-likeness (QED) is 0.784. The van der Waals surface area contributed by atoms with Crippen LogP contribution in [0.4, 0.5) is 0 Å². The van der Waals surface area contributed by atoms with E-state index in [0.29, 0.717) is 18.8 Å². The zero-order chi connectivity index (χ0) is 12.8. The Hall–Kier alpha value is -1.35. The van der Waals surface area contributed by atoms with Gasteiger partial charge in [0.05, 0.1) is 10.4 Å². The molecular weight excluding hydrogens is 250 g/mol. The van der Waals surface area contributed by atoms with Crippen LogP contribution in [0.15, 0.2) is 11.4 Å². The van der Waals surface area contributed by atoms with Gasteiger partial charge in [-0.15, -0.1) is 11.3 Å². The number of carbonyl (C=O) groups excluding carboxylic acids is 1. The van der Waals surface area contributed by atoms with Gasteiger partial charge in [-0.05, 0) is 18.9 Å². The smallest absolute Gasteiger partial charge is 0.252 e. The summed E-state index contributed by atoms with van der Waals surface area (Å²) in [6.45, 7) is 1.26. The maximum atomic E-state index is 12.0. The molecule has 1 amide bonds. The van der Waals surface area contributed by atoms with Crippen molar-refractivity contribution in [3.63, 3.8) is 0 Å². The van der Waals surface area contributed by atoms with Gasteiger partial charge in [-0.3, -0.25) is 4.79 Å². The van der Waals surface area contributed by atoms with Crippen LogP contribution in [0, 0.1) is 11.8 Å². The van der Waals surface area contributed by atoms with Gasteiger partial charge in [0.15, 0.2) is 0 Å². The Morgan fingerprint density at radius 2 is 2.33 bits per heavy atom. The average molecular weight is 265 g/mol. The van der Waals surface area contributed by atoms with Crippen LogP contribution in [0.3, 0.4) is 0 Å². The van der Waals surface area contributed by atoms with E-state index in [1.807, 2.05) is 0 Å². The molecule has 5 heteroatoms. The Morgan fingerprint density at radius 3 is 3.06 bits per heavy atom. The lowest BCUT2D eigenvalue weighted by Crippen LogP contribution is -2.38. The third-order valence-electron chi connectivity index (χ3n) is 2.71. The predicted octanol–water partition coefficient (Wildman–Crippen LogP) is 1.00. The zero-order valence-corrected chi connectivity index (χ0v) is 10.8. The molecule has 1 aliphatic heterocycles. The molecule has 0 radical (unpaired) electrons. The molecule has 1 fully saturated rings. The van der Waals surface area contributed by atoms with Gasteiger partial charge < -0.3 is 15.2 Å². The maximum absolute atomic E-state index is 12.0. The molecule has 0 unspecified atom stereocenters. The summed E-state index contributed by atoms with van der Waals surface area (Å²) in [4.78, 5) is 12.7. The molecule has 0 atom stereocenters. The van der Waals surface area contributed by atoms with Crippen molar-refractivity contribution in [2.45, 2.75) is 18.9 Å². The number of rotatable bonds is 2. The number of hydrogen-bond acceptors (Lipinski definition) is 4. The number of thiophene rings is 1. The molecule has 2 rings (SSSR count). The lowest BCUT2D eigenvalue weighted by molar-refractivity contribution is 0.0696. The van der Waals surface area contributed by atoms with Crippen molar-refractivity contribution in [2.75, 3.05) is 19.8 Å². The van der Waals surface area contributed by atoms with Gasteiger partial charge in [-0.2, -0.15) is 0 Å². The molecule has 18 heavy (non-hydrogen) atoms. The monoisotopic (exact) mass is 265 g/mol. The van der Waals surface area contributed by atoms with Crippen LogP contribution in [0.5, 0.6) is 0 Å². The van der Waals surface area contributed by atoms with E-state index in [1.165, 1.54) is 11.3 Å². The second-order valence-electron chi connectivity index (χ2n) is 4.02. The van der Waals surface area contributed by atoms with Crippen molar-refractivity contribution in [3.05, 3.63) is 21.9 Å². The largest absolute Gasteiger partial charge is 0.384 e. The summed E-state index contributed by atoms with van der Waals surface area (Å²) < 4.78 is 5.24. The first-order valence-electron chi connectivity index (χ1n) is 5.86. The first kappa shape index (κ1) is 13.1. The molecule has 2 N–H and O–H groups in total. The first-order chi connectivity index (χ1) is 8.79. The molecule has 1 saturated heterocycles. The fourth-order valence-corrected chi connectivity index (χ4v) is 2.51. The van der Waals surface area contributed by atoms with Crippen molar-refractivity contribution < 1.29 is 14.6 Å². The first-order valence-corrected chi connectivity index (χ1v) is 6.74. The maximum Gasteiger partial charge on any atom is 0.252 e. The van der Waals surface area contributed by atoms with Gasteiger partial charge in [0.25, 0.3) is 5.91 Å². The molecule has 1 aromatic heterocycles. The fraction of sp³-hybridized carbons (Fsp3) is 0.462. The summed E-state index contributed by atoms with van der Waals surface area (Å²) in [5, 5.41) is 13.4. The van der Waals surface area contributed by atoms with Crippen LogP contribution in [0.25, 0.3) is 0 Å². The van der Waals surface area contributed by atoms with Crippen LogP contribution in [0.2, 0.25) is 0 Å². The summed E-state index contributed by atoms with van der Waals surface area (Å²) in [7, 11) is 0. The second kappa shape index (κ2) is 6.55. The minimum Gasteiger partial charge on any atom is -0.384 e. The standard InChI is InChI=1S/C13H15NO3S/c15-5-1-2-12-8-10(9-18-12)13(16)14-11-3-6-17-7-4-11/h8-9,11,15H,3-7H2,(H,14,16). The third-order valence-corrected chi connectivity index (χ3v) is 3.55. The second-order valence-corrected chi connectivity index (χ2v) is 4.93. The van der Waals surface area contributed by atoms with E-state index in [9.17, 15) is 4.79 Å². The van der Waals surface area contributed by atoms with Crippen molar-refractivity contribution in [1.29, 1.82) is 0 Å². The number of carbonyl (C=O) groups is 1. The molecule has 2 heterocycles. The highest BCUT2D eigenvalue weighted by atomic mass is 32.1. The molecule has 1 aromatic rings. The molecule has 0 aromatic carbocycles. The van der Waals surface area contributed by atoms with Gasteiger partial charge in [0, 0.05) is 24.6 Å². The normalized spacial score (nSPS) is 15.8. The molecule has 0 aliphatic carbocycles. The lowest BCUT2D eigenvalue weighted by atomic mass is 10.1. The van der Waals surface area contributed by atoms with Crippen molar-refractivity contribution in [1.82, 2.24) is 5.32 Å². The lowest BCUT2D eigenvalue weighted by Gasteiger charge is -2.22. The highest BCUT2D eigenvalue weighted by Gasteiger charge is 2.17. The minimum absolute atomic E-state index is 0.0600. The number of hydrogen-bond donors (Lipinski definition) is 2. The minimum atomic E-state index is -0.165. The van der Waals surface area contributed by atoms with Crippen LogP contribution in [-0.4, -0.2) is 36.9 Å². The number of amides is 1. The Balaban J connectivity index is 1.93. The van der Waals surface area contributed by atoms with E-state index in [-0.39, 0.29) is 18.6 Å². The summed E-state index contributed by atoms with van der Waals surface area (Å²) in [5.41, 5.74) is 0.633. The summed E-state index contributed by atoms with van der Waals surface area (Å²) in [5.74, 6) is 5.30. The van der Waals surface area contributed by atoms with E-state index < -0.39 is 0 Å². The number of nitrogens with one attached hydrogen (secondary N) is 1. The van der Waals surface area contributed by atoms with E-state index in [2.05, 4.69) is 17.2 Å². The molecule has 0 saturated carbocycles. The Labute approximate surface area is 110 Å². The van der Waals surface area contributed by atoms with E-state index in [4.69, 9.17) is 9.84 Å². The third kappa shape index (κ3) is 3.57. The Bertz CT molecular complexity index is 466. The Morgan fingerprint density at radius 1 is 1.56 bits per heavy atom. The van der Waals surface area contributed by atoms with Gasteiger partial charge >= 0.3 is 0 Å². The molecule has 0 spiro atoms. The zero-order valence-electron chi connectivity index (χ0n) is 9.94. The van der Waals surface area contributed by atoms with E-state index in [1.54, 1.807) is 11.4 Å². The Kier molecular flexibility index (Phi) is 4.76. The topological polar surface area (TPSA) is 58.6 Å². The van der Waals surface area contributed by atoms with Gasteiger partial charge in [0.2, 0.25) is 0 Å². The van der Waals surface area contributed by atoms with Crippen LogP contribution >= 0.6 is 11.3 Å². The van der Waals surface area contributed by atoms with E-state index >= 15 is 0 Å². The van der Waals surface area contributed by atoms with Gasteiger partial charge in [-0.1, -0.05) is 11.8 Å². The highest BCUT2D eigenvalue weighted by molar-refractivity contribution is 7.10. The van der Waals surface area contributed by atoms with Crippen molar-refractivity contribution in [2.24, 2.45) is 0 Å². The van der Waals surface area contributed by atoms with Crippen LogP contribution < -0.4 is 5.32 Å². The molecule has 4 nitrogen and oxygen atoms in total. The molecule has 1 aliphatic rings. The number of aliphatic hydroxyl groups is 1. The SMILES string of the molecule is O=C(NC1CCOCC1)c1csc(C#CCO)c1. The summed E-state index contributed by atoms with van der Waals surface area (Å²) in [6, 6.07) is 1.96. The molecule has 0 bridgehead atoms. The van der Waals surface area contributed by atoms with Crippen LogP contribution in [0.1, 0.15) is 28.1 Å². The summed E-state index contributed by atoms with van der Waals surface area (Å²) >= 11 is 1.41.